The van der Waals surface area contributed by atoms with E-state index < -0.39 is 5.82 Å². The lowest BCUT2D eigenvalue weighted by Gasteiger charge is -2.22. The molecule has 136 valence electrons. The van der Waals surface area contributed by atoms with Crippen LogP contribution in [-0.2, 0) is 0 Å². The van der Waals surface area contributed by atoms with Gasteiger partial charge in [-0.05, 0) is 24.6 Å². The van der Waals surface area contributed by atoms with Crippen LogP contribution in [0.1, 0.15) is 6.42 Å². The van der Waals surface area contributed by atoms with Crippen LogP contribution in [0.3, 0.4) is 0 Å². The Balaban J connectivity index is 1.69. The molecule has 0 saturated heterocycles. The minimum Gasteiger partial charge on any atom is -0.382 e. The number of pyridine rings is 2. The molecule has 0 unspecified atom stereocenters. The van der Waals surface area contributed by atoms with E-state index in [4.69, 9.17) is 0 Å². The number of fused-ring (bicyclic) bond motifs is 1. The van der Waals surface area contributed by atoms with Gasteiger partial charge in [0.05, 0.1) is 23.8 Å². The van der Waals surface area contributed by atoms with Crippen molar-refractivity contribution in [1.82, 2.24) is 19.9 Å². The Kier molecular flexibility index (Phi) is 4.56. The predicted octanol–water partition coefficient (Wildman–Crippen LogP) is 2.93. The average molecular weight is 365 g/mol. The predicted molar refractivity (Wildman–Crippen MR) is 98.9 cm³/mol. The van der Waals surface area contributed by atoms with E-state index in [1.54, 1.807) is 11.0 Å². The van der Waals surface area contributed by atoms with Crippen LogP contribution in [-0.4, -0.2) is 39.1 Å². The number of aromatic nitrogens is 4. The molecule has 2 amide bonds. The van der Waals surface area contributed by atoms with E-state index in [1.807, 2.05) is 6.07 Å². The Hall–Kier alpha value is -3.62. The third-order valence-corrected chi connectivity index (χ3v) is 4.05. The van der Waals surface area contributed by atoms with E-state index in [0.29, 0.717) is 36.0 Å². The maximum atomic E-state index is 13.5. The Labute approximate surface area is 154 Å². The molecule has 0 radical (unpaired) electrons. The van der Waals surface area contributed by atoms with Gasteiger partial charge in [-0.1, -0.05) is 0 Å². The topological polar surface area (TPSA) is 95.9 Å². The molecule has 1 aliphatic heterocycles. The molecule has 0 saturated carbocycles. The largest absolute Gasteiger partial charge is 0.382 e. The van der Waals surface area contributed by atoms with Gasteiger partial charge in [-0.2, -0.15) is 0 Å². The van der Waals surface area contributed by atoms with Gasteiger partial charge in [-0.25, -0.2) is 19.2 Å². The van der Waals surface area contributed by atoms with E-state index in [1.165, 1.54) is 30.9 Å². The van der Waals surface area contributed by atoms with Gasteiger partial charge < -0.3 is 5.32 Å². The minimum absolute atomic E-state index is 0.353. The molecular formula is C18H16FN7O. The molecule has 0 spiro atoms. The van der Waals surface area contributed by atoms with Crippen molar-refractivity contribution in [2.45, 2.75) is 6.42 Å². The minimum atomic E-state index is -0.445. The van der Waals surface area contributed by atoms with Gasteiger partial charge in [0.2, 0.25) is 0 Å². The Morgan fingerprint density at radius 3 is 2.93 bits per heavy atom. The number of nitrogens with zero attached hydrogens (tertiary/aromatic N) is 5. The summed E-state index contributed by atoms with van der Waals surface area (Å²) in [6, 6.07) is 4.60. The second kappa shape index (κ2) is 7.32. The summed E-state index contributed by atoms with van der Waals surface area (Å²) in [6.07, 6.45) is 7.92. The van der Waals surface area contributed by atoms with Crippen LogP contribution in [0.2, 0.25) is 0 Å². The van der Waals surface area contributed by atoms with Crippen molar-refractivity contribution in [3.05, 3.63) is 55.0 Å². The molecule has 0 fully saturated rings. The first-order valence-corrected chi connectivity index (χ1v) is 8.41. The van der Waals surface area contributed by atoms with Crippen molar-refractivity contribution in [3.8, 4) is 11.3 Å². The van der Waals surface area contributed by atoms with Gasteiger partial charge in [0.15, 0.2) is 11.6 Å². The summed E-state index contributed by atoms with van der Waals surface area (Å²) < 4.78 is 13.5. The first kappa shape index (κ1) is 16.8. The molecule has 3 aromatic rings. The average Bonchev–Trinajstić information content (AvgIpc) is 2.90. The lowest BCUT2D eigenvalue weighted by Crippen LogP contribution is -2.36. The van der Waals surface area contributed by atoms with Crippen LogP contribution in [0.15, 0.2) is 49.2 Å². The first-order chi connectivity index (χ1) is 13.2. The molecule has 3 aromatic heterocycles. The summed E-state index contributed by atoms with van der Waals surface area (Å²) >= 11 is 0. The molecular weight excluding hydrogens is 349 g/mol. The first-order valence-electron chi connectivity index (χ1n) is 8.41. The van der Waals surface area contributed by atoms with Crippen molar-refractivity contribution in [2.75, 3.05) is 28.6 Å². The van der Waals surface area contributed by atoms with Crippen LogP contribution >= 0.6 is 0 Å². The highest BCUT2D eigenvalue weighted by atomic mass is 19.1. The van der Waals surface area contributed by atoms with Crippen molar-refractivity contribution in [2.24, 2.45) is 0 Å². The molecule has 0 bridgehead atoms. The third-order valence-electron chi connectivity index (χ3n) is 4.05. The molecule has 2 N–H and O–H groups in total. The van der Waals surface area contributed by atoms with E-state index in [0.717, 1.165) is 18.3 Å². The van der Waals surface area contributed by atoms with Crippen molar-refractivity contribution in [3.63, 3.8) is 0 Å². The molecule has 4 rings (SSSR count). The summed E-state index contributed by atoms with van der Waals surface area (Å²) in [7, 11) is 0. The van der Waals surface area contributed by atoms with Crippen LogP contribution in [0.4, 0.5) is 26.5 Å². The zero-order valence-corrected chi connectivity index (χ0v) is 14.3. The van der Waals surface area contributed by atoms with E-state index >= 15 is 0 Å². The SMILES string of the molecule is O=C(Nc1cnccn1)N1CCCNc2ccc(-c3cncc(F)c3)nc21. The Morgan fingerprint density at radius 2 is 2.11 bits per heavy atom. The smallest absolute Gasteiger partial charge is 0.328 e. The molecule has 0 aromatic carbocycles. The normalized spacial score (nSPS) is 13.3. The molecule has 0 aliphatic carbocycles. The Morgan fingerprint density at radius 1 is 1.19 bits per heavy atom. The number of carbonyl (C=O) groups is 1. The Bertz CT molecular complexity index is 967. The van der Waals surface area contributed by atoms with Crippen LogP contribution in [0.25, 0.3) is 11.3 Å². The van der Waals surface area contributed by atoms with Crippen molar-refractivity contribution >= 4 is 23.4 Å². The number of amides is 2. The molecule has 9 heteroatoms. The van der Waals surface area contributed by atoms with Gasteiger partial charge in [0.1, 0.15) is 5.82 Å². The van der Waals surface area contributed by atoms with Gasteiger partial charge in [-0.15, -0.1) is 0 Å². The summed E-state index contributed by atoms with van der Waals surface area (Å²) in [4.78, 5) is 30.8. The van der Waals surface area contributed by atoms with Crippen molar-refractivity contribution < 1.29 is 9.18 Å². The lowest BCUT2D eigenvalue weighted by atomic mass is 10.2. The van der Waals surface area contributed by atoms with Gasteiger partial charge in [-0.3, -0.25) is 20.2 Å². The summed E-state index contributed by atoms with van der Waals surface area (Å²) in [5, 5.41) is 5.98. The highest BCUT2D eigenvalue weighted by Gasteiger charge is 2.23. The highest BCUT2D eigenvalue weighted by Crippen LogP contribution is 2.30. The molecule has 4 heterocycles. The zero-order chi connectivity index (χ0) is 18.6. The van der Waals surface area contributed by atoms with E-state index in [9.17, 15) is 9.18 Å². The number of hydrogen-bond acceptors (Lipinski definition) is 6. The fraction of sp³-hybridized carbons (Fsp3) is 0.167. The third kappa shape index (κ3) is 3.66. The summed E-state index contributed by atoms with van der Waals surface area (Å²) in [6.45, 7) is 1.19. The van der Waals surface area contributed by atoms with Crippen LogP contribution in [0.5, 0.6) is 0 Å². The number of carbonyl (C=O) groups excluding carboxylic acids is 1. The van der Waals surface area contributed by atoms with Crippen molar-refractivity contribution in [1.29, 1.82) is 0 Å². The van der Waals surface area contributed by atoms with Gasteiger partial charge in [0, 0.05) is 37.2 Å². The molecule has 8 nitrogen and oxygen atoms in total. The fourth-order valence-corrected chi connectivity index (χ4v) is 2.81. The number of nitrogens with one attached hydrogen (secondary N) is 2. The number of hydrogen-bond donors (Lipinski definition) is 2. The lowest BCUT2D eigenvalue weighted by molar-refractivity contribution is 0.256. The second-order valence-electron chi connectivity index (χ2n) is 5.91. The number of anilines is 3. The number of urea groups is 1. The summed E-state index contributed by atoms with van der Waals surface area (Å²) in [5.41, 5.74) is 1.80. The quantitative estimate of drug-likeness (QED) is 0.725. The maximum Gasteiger partial charge on any atom is 0.328 e. The molecule has 0 atom stereocenters. The number of halogens is 1. The standard InChI is InChI=1S/C18H16FN7O/c19-13-8-12(9-21-10-13)14-2-3-15-17(24-14)26(7-1-4-22-15)18(27)25-16-11-20-5-6-23-16/h2-3,5-6,8-11,22H,1,4,7H2,(H,23,25,27). The number of rotatable bonds is 2. The van der Waals surface area contributed by atoms with E-state index in [-0.39, 0.29) is 6.03 Å². The summed E-state index contributed by atoms with van der Waals surface area (Å²) in [5.74, 6) is 0.377. The monoisotopic (exact) mass is 365 g/mol. The van der Waals surface area contributed by atoms with Gasteiger partial charge in [0.25, 0.3) is 0 Å². The highest BCUT2D eigenvalue weighted by molar-refractivity contribution is 6.02. The maximum absolute atomic E-state index is 13.5. The van der Waals surface area contributed by atoms with Gasteiger partial charge >= 0.3 is 6.03 Å². The van der Waals surface area contributed by atoms with Crippen LogP contribution in [0, 0.1) is 5.82 Å². The zero-order valence-electron chi connectivity index (χ0n) is 14.3. The van der Waals surface area contributed by atoms with Crippen LogP contribution < -0.4 is 15.5 Å². The molecule has 27 heavy (non-hydrogen) atoms. The second-order valence-corrected chi connectivity index (χ2v) is 5.91. The van der Waals surface area contributed by atoms with E-state index in [2.05, 4.69) is 30.6 Å². The molecule has 1 aliphatic rings. The fourth-order valence-electron chi connectivity index (χ4n) is 2.81.